The zero-order valence-corrected chi connectivity index (χ0v) is 17.5. The first kappa shape index (κ1) is 19.0. The molecule has 5 fully saturated rings. The number of hydrogen-bond acceptors (Lipinski definition) is 5. The Labute approximate surface area is 167 Å². The van der Waals surface area contributed by atoms with Gasteiger partial charge in [-0.1, -0.05) is 13.8 Å². The standard InChI is InChI=1S/C23H34O5/c1-14(24)28-15-4-7-21(2)17-5-8-22(3)18(6-9-23(22)26-10-11-27-23)16(17)13-20(25)19(21)12-15/h15-19H,4-13H2,1-3H3/t15-,16+,17-,18-,19+,21+,22-/m0/s1. The highest BCUT2D eigenvalue weighted by Gasteiger charge is 2.68. The van der Waals surface area contributed by atoms with Crippen LogP contribution in [0.4, 0.5) is 0 Å². The fourth-order valence-electron chi connectivity index (χ4n) is 8.23. The van der Waals surface area contributed by atoms with E-state index in [4.69, 9.17) is 14.2 Å². The minimum absolute atomic E-state index is 0.0308. The van der Waals surface area contributed by atoms with Crippen molar-refractivity contribution in [3.63, 3.8) is 0 Å². The summed E-state index contributed by atoms with van der Waals surface area (Å²) in [6.07, 6.45) is 7.57. The van der Waals surface area contributed by atoms with Crippen LogP contribution in [0.2, 0.25) is 0 Å². The predicted molar refractivity (Wildman–Crippen MR) is 102 cm³/mol. The molecule has 28 heavy (non-hydrogen) atoms. The topological polar surface area (TPSA) is 61.8 Å². The smallest absolute Gasteiger partial charge is 0.302 e. The summed E-state index contributed by atoms with van der Waals surface area (Å²) in [6.45, 7) is 7.59. The van der Waals surface area contributed by atoms with Crippen LogP contribution in [0, 0.1) is 34.5 Å². The van der Waals surface area contributed by atoms with Gasteiger partial charge in [0.05, 0.1) is 13.2 Å². The molecule has 0 unspecified atom stereocenters. The van der Waals surface area contributed by atoms with Gasteiger partial charge in [0.2, 0.25) is 0 Å². The first-order valence-electron chi connectivity index (χ1n) is 11.3. The zero-order valence-electron chi connectivity index (χ0n) is 17.5. The van der Waals surface area contributed by atoms with E-state index in [0.29, 0.717) is 43.2 Å². The van der Waals surface area contributed by atoms with Crippen LogP contribution in [0.25, 0.3) is 0 Å². The summed E-state index contributed by atoms with van der Waals surface area (Å²) in [5.41, 5.74) is 0.0776. The average Bonchev–Trinajstić information content (AvgIpc) is 3.23. The van der Waals surface area contributed by atoms with E-state index in [1.165, 1.54) is 6.92 Å². The van der Waals surface area contributed by atoms with Crippen LogP contribution in [0.3, 0.4) is 0 Å². The SMILES string of the molecule is CC(=O)O[C@H]1CC[C@@]2(C)[C@H](C1)C(=O)C[C@@H]1[C@@H]2CC[C@@]2(C)[C@H]1CCC21OCCO1. The Kier molecular flexibility index (Phi) is 4.27. The number of carbonyl (C=O) groups is 2. The van der Waals surface area contributed by atoms with E-state index in [-0.39, 0.29) is 28.8 Å². The van der Waals surface area contributed by atoms with Gasteiger partial charge < -0.3 is 14.2 Å². The number of hydrogen-bond donors (Lipinski definition) is 0. The summed E-state index contributed by atoms with van der Waals surface area (Å²) >= 11 is 0. The normalized spacial score (nSPS) is 49.4. The molecule has 4 saturated carbocycles. The fourth-order valence-corrected chi connectivity index (χ4v) is 8.23. The number of esters is 1. The van der Waals surface area contributed by atoms with Crippen LogP contribution in [-0.2, 0) is 23.8 Å². The Morgan fingerprint density at radius 3 is 2.46 bits per heavy atom. The zero-order chi connectivity index (χ0) is 19.7. The maximum atomic E-state index is 13.3. The number of ether oxygens (including phenoxy) is 3. The van der Waals surface area contributed by atoms with Crippen molar-refractivity contribution in [3.05, 3.63) is 0 Å². The van der Waals surface area contributed by atoms with E-state index in [1.807, 2.05) is 0 Å². The summed E-state index contributed by atoms with van der Waals surface area (Å²) in [7, 11) is 0. The Balaban J connectivity index is 1.42. The molecule has 0 bridgehead atoms. The Morgan fingerprint density at radius 2 is 1.75 bits per heavy atom. The van der Waals surface area contributed by atoms with Crippen molar-refractivity contribution in [1.29, 1.82) is 0 Å². The summed E-state index contributed by atoms with van der Waals surface area (Å²) in [4.78, 5) is 24.7. The predicted octanol–water partition coefficient (Wildman–Crippen LogP) is 3.88. The second kappa shape index (κ2) is 6.28. The molecule has 5 nitrogen and oxygen atoms in total. The third kappa shape index (κ3) is 2.44. The molecule has 1 heterocycles. The molecule has 1 spiro atoms. The Hall–Kier alpha value is -0.940. The minimum Gasteiger partial charge on any atom is -0.463 e. The lowest BCUT2D eigenvalue weighted by Gasteiger charge is -2.60. The van der Waals surface area contributed by atoms with Crippen molar-refractivity contribution in [2.45, 2.75) is 84.0 Å². The van der Waals surface area contributed by atoms with Crippen LogP contribution in [-0.4, -0.2) is 36.9 Å². The third-order valence-electron chi connectivity index (χ3n) is 9.54. The second-order valence-electron chi connectivity index (χ2n) is 10.6. The van der Waals surface area contributed by atoms with Crippen LogP contribution in [0.5, 0.6) is 0 Å². The Morgan fingerprint density at radius 1 is 1.04 bits per heavy atom. The summed E-state index contributed by atoms with van der Waals surface area (Å²) < 4.78 is 17.9. The van der Waals surface area contributed by atoms with Crippen LogP contribution < -0.4 is 0 Å². The molecule has 5 rings (SSSR count). The third-order valence-corrected chi connectivity index (χ3v) is 9.54. The minimum atomic E-state index is -0.406. The van der Waals surface area contributed by atoms with E-state index in [2.05, 4.69) is 13.8 Å². The highest BCUT2D eigenvalue weighted by atomic mass is 16.7. The number of Topliss-reactive ketones (excluding diaryl/α,β-unsaturated/α-hetero) is 1. The van der Waals surface area contributed by atoms with Crippen LogP contribution in [0.15, 0.2) is 0 Å². The monoisotopic (exact) mass is 390 g/mol. The molecule has 5 heteroatoms. The van der Waals surface area contributed by atoms with Gasteiger partial charge in [-0.3, -0.25) is 9.59 Å². The lowest BCUT2D eigenvalue weighted by Crippen LogP contribution is -2.59. The molecular weight excluding hydrogens is 356 g/mol. The van der Waals surface area contributed by atoms with Crippen LogP contribution in [0.1, 0.15) is 72.1 Å². The van der Waals surface area contributed by atoms with E-state index < -0.39 is 5.79 Å². The van der Waals surface area contributed by atoms with Gasteiger partial charge in [0.25, 0.3) is 0 Å². The molecule has 4 aliphatic carbocycles. The second-order valence-corrected chi connectivity index (χ2v) is 10.6. The molecule has 0 amide bonds. The van der Waals surface area contributed by atoms with Gasteiger partial charge in [0.1, 0.15) is 11.9 Å². The fraction of sp³-hybridized carbons (Fsp3) is 0.913. The molecule has 5 aliphatic rings. The highest BCUT2D eigenvalue weighted by Crippen LogP contribution is 2.69. The van der Waals surface area contributed by atoms with Gasteiger partial charge in [-0.25, -0.2) is 0 Å². The lowest BCUT2D eigenvalue weighted by atomic mass is 9.44. The quantitative estimate of drug-likeness (QED) is 0.636. The van der Waals surface area contributed by atoms with Gasteiger partial charge in [-0.15, -0.1) is 0 Å². The maximum absolute atomic E-state index is 13.3. The molecule has 0 radical (unpaired) electrons. The van der Waals surface area contributed by atoms with Crippen molar-refractivity contribution in [1.82, 2.24) is 0 Å². The van der Waals surface area contributed by atoms with Crippen molar-refractivity contribution < 1.29 is 23.8 Å². The van der Waals surface area contributed by atoms with Gasteiger partial charge in [-0.05, 0) is 61.7 Å². The molecule has 0 aromatic carbocycles. The number of carbonyl (C=O) groups excluding carboxylic acids is 2. The number of ketones is 1. The molecule has 0 aromatic heterocycles. The van der Waals surface area contributed by atoms with Gasteiger partial charge >= 0.3 is 5.97 Å². The van der Waals surface area contributed by atoms with Crippen molar-refractivity contribution in [2.75, 3.05) is 13.2 Å². The van der Waals surface area contributed by atoms with Crippen molar-refractivity contribution >= 4 is 11.8 Å². The van der Waals surface area contributed by atoms with Crippen LogP contribution >= 0.6 is 0 Å². The van der Waals surface area contributed by atoms with E-state index >= 15 is 0 Å². The van der Waals surface area contributed by atoms with Gasteiger partial charge in [0.15, 0.2) is 5.79 Å². The maximum Gasteiger partial charge on any atom is 0.302 e. The summed E-state index contributed by atoms with van der Waals surface area (Å²) in [6, 6.07) is 0. The molecule has 1 saturated heterocycles. The van der Waals surface area contributed by atoms with E-state index in [9.17, 15) is 9.59 Å². The van der Waals surface area contributed by atoms with Crippen molar-refractivity contribution in [3.8, 4) is 0 Å². The number of rotatable bonds is 1. The first-order chi connectivity index (χ1) is 13.3. The first-order valence-corrected chi connectivity index (χ1v) is 11.3. The molecule has 0 aromatic rings. The molecule has 1 aliphatic heterocycles. The molecular formula is C23H34O5. The summed E-state index contributed by atoms with van der Waals surface area (Å²) in [5, 5.41) is 0. The lowest BCUT2D eigenvalue weighted by molar-refractivity contribution is -0.246. The Bertz CT molecular complexity index is 682. The van der Waals surface area contributed by atoms with Gasteiger partial charge in [0, 0.05) is 31.1 Å². The van der Waals surface area contributed by atoms with Crippen molar-refractivity contribution in [2.24, 2.45) is 34.5 Å². The molecule has 7 atom stereocenters. The highest BCUT2D eigenvalue weighted by molar-refractivity contribution is 5.83. The summed E-state index contributed by atoms with van der Waals surface area (Å²) in [5.74, 6) is 1.36. The van der Waals surface area contributed by atoms with E-state index in [0.717, 1.165) is 44.9 Å². The number of fused-ring (bicyclic) bond motifs is 6. The largest absolute Gasteiger partial charge is 0.463 e. The van der Waals surface area contributed by atoms with Gasteiger partial charge in [-0.2, -0.15) is 0 Å². The molecule has 0 N–H and O–H groups in total. The van der Waals surface area contributed by atoms with E-state index in [1.54, 1.807) is 0 Å². The molecule has 156 valence electrons. The average molecular weight is 391 g/mol.